The van der Waals surface area contributed by atoms with E-state index in [1.807, 2.05) is 44.6 Å². The van der Waals surface area contributed by atoms with E-state index in [2.05, 4.69) is 20.8 Å². The molecule has 108 valence electrons. The first-order valence-electron chi connectivity index (χ1n) is 6.48. The molecular formula is C13H20N6O. The van der Waals surface area contributed by atoms with E-state index < -0.39 is 0 Å². The number of rotatable bonds is 4. The second kappa shape index (κ2) is 5.77. The molecular weight excluding hydrogens is 256 g/mol. The summed E-state index contributed by atoms with van der Waals surface area (Å²) < 4.78 is 3.83. The molecule has 2 amide bonds. The quantitative estimate of drug-likeness (QED) is 0.875. The van der Waals surface area contributed by atoms with Gasteiger partial charge in [0, 0.05) is 25.5 Å². The Morgan fingerprint density at radius 3 is 2.70 bits per heavy atom. The highest BCUT2D eigenvalue weighted by Crippen LogP contribution is 2.07. The number of amides is 2. The van der Waals surface area contributed by atoms with E-state index in [4.69, 9.17) is 0 Å². The minimum atomic E-state index is -0.223. The van der Waals surface area contributed by atoms with Crippen LogP contribution in [0.25, 0.3) is 0 Å². The molecule has 0 saturated carbocycles. The largest absolute Gasteiger partial charge is 0.350 e. The highest BCUT2D eigenvalue weighted by Gasteiger charge is 2.14. The molecule has 7 heteroatoms. The Bertz CT molecular complexity index is 600. The molecule has 0 fully saturated rings. The second-order valence-corrected chi connectivity index (χ2v) is 4.87. The van der Waals surface area contributed by atoms with Gasteiger partial charge in [-0.1, -0.05) is 0 Å². The molecule has 2 heterocycles. The van der Waals surface area contributed by atoms with E-state index in [1.54, 1.807) is 10.9 Å². The van der Waals surface area contributed by atoms with Crippen molar-refractivity contribution in [3.05, 3.63) is 35.7 Å². The molecule has 20 heavy (non-hydrogen) atoms. The SMILES string of the molecule is Cc1ccc(CNC(=O)N[C@H](C)c2nncn2C)n1C. The standard InChI is InChI=1S/C13H20N6O/c1-9-5-6-11(19(9)4)7-14-13(20)16-10(2)12-17-15-8-18(12)3/h5-6,8,10H,7H2,1-4H3,(H2,14,16,20)/t10-/m1/s1. The average Bonchev–Trinajstić information content (AvgIpc) is 2.96. The number of hydrogen-bond donors (Lipinski definition) is 2. The van der Waals surface area contributed by atoms with E-state index in [9.17, 15) is 4.79 Å². The molecule has 0 bridgehead atoms. The van der Waals surface area contributed by atoms with Crippen molar-refractivity contribution in [2.24, 2.45) is 14.1 Å². The number of aromatic nitrogens is 4. The predicted octanol–water partition coefficient (Wildman–Crippen LogP) is 1.02. The number of carbonyl (C=O) groups excluding carboxylic acids is 1. The van der Waals surface area contributed by atoms with Crippen LogP contribution in [0.1, 0.15) is 30.2 Å². The molecule has 0 radical (unpaired) electrons. The van der Waals surface area contributed by atoms with Gasteiger partial charge in [0.1, 0.15) is 6.33 Å². The van der Waals surface area contributed by atoms with Crippen LogP contribution in [0.15, 0.2) is 18.5 Å². The first kappa shape index (κ1) is 14.1. The maximum atomic E-state index is 11.9. The summed E-state index contributed by atoms with van der Waals surface area (Å²) in [6.07, 6.45) is 1.61. The molecule has 2 aromatic heterocycles. The molecule has 0 unspecified atom stereocenters. The zero-order chi connectivity index (χ0) is 14.7. The van der Waals surface area contributed by atoms with Crippen LogP contribution in [0.5, 0.6) is 0 Å². The molecule has 2 aromatic rings. The van der Waals surface area contributed by atoms with Gasteiger partial charge in [0.2, 0.25) is 0 Å². The molecule has 0 aliphatic carbocycles. The van der Waals surface area contributed by atoms with Crippen molar-refractivity contribution in [2.45, 2.75) is 26.4 Å². The normalized spacial score (nSPS) is 12.2. The first-order chi connectivity index (χ1) is 9.49. The summed E-state index contributed by atoms with van der Waals surface area (Å²) in [6.45, 7) is 4.39. The lowest BCUT2D eigenvalue weighted by atomic mass is 10.3. The van der Waals surface area contributed by atoms with Gasteiger partial charge < -0.3 is 19.8 Å². The fraction of sp³-hybridized carbons (Fsp3) is 0.462. The lowest BCUT2D eigenvalue weighted by Gasteiger charge is -2.14. The predicted molar refractivity (Wildman–Crippen MR) is 74.9 cm³/mol. The van der Waals surface area contributed by atoms with Crippen LogP contribution in [0.3, 0.4) is 0 Å². The lowest BCUT2D eigenvalue weighted by Crippen LogP contribution is -2.37. The van der Waals surface area contributed by atoms with Crippen molar-refractivity contribution < 1.29 is 4.79 Å². The number of carbonyl (C=O) groups is 1. The van der Waals surface area contributed by atoms with Gasteiger partial charge in [0.25, 0.3) is 0 Å². The van der Waals surface area contributed by atoms with Crippen molar-refractivity contribution >= 4 is 6.03 Å². The van der Waals surface area contributed by atoms with E-state index in [1.165, 1.54) is 0 Å². The zero-order valence-electron chi connectivity index (χ0n) is 12.2. The Hall–Kier alpha value is -2.31. The maximum Gasteiger partial charge on any atom is 0.315 e. The molecule has 0 aliphatic heterocycles. The fourth-order valence-corrected chi connectivity index (χ4v) is 2.01. The van der Waals surface area contributed by atoms with Gasteiger partial charge in [-0.2, -0.15) is 0 Å². The summed E-state index contributed by atoms with van der Waals surface area (Å²) >= 11 is 0. The van der Waals surface area contributed by atoms with E-state index in [0.29, 0.717) is 6.54 Å². The number of hydrogen-bond acceptors (Lipinski definition) is 3. The van der Waals surface area contributed by atoms with Crippen LogP contribution >= 0.6 is 0 Å². The summed E-state index contributed by atoms with van der Waals surface area (Å²) in [5.74, 6) is 0.717. The van der Waals surface area contributed by atoms with E-state index >= 15 is 0 Å². The van der Waals surface area contributed by atoms with Crippen molar-refractivity contribution in [1.29, 1.82) is 0 Å². The summed E-state index contributed by atoms with van der Waals surface area (Å²) in [7, 11) is 3.82. The minimum Gasteiger partial charge on any atom is -0.350 e. The summed E-state index contributed by atoms with van der Waals surface area (Å²) in [5.41, 5.74) is 2.22. The molecule has 2 N–H and O–H groups in total. The molecule has 0 saturated heterocycles. The summed E-state index contributed by atoms with van der Waals surface area (Å²) in [4.78, 5) is 11.9. The highest BCUT2D eigenvalue weighted by atomic mass is 16.2. The van der Waals surface area contributed by atoms with Gasteiger partial charge in [-0.25, -0.2) is 4.79 Å². The fourth-order valence-electron chi connectivity index (χ4n) is 2.01. The second-order valence-electron chi connectivity index (χ2n) is 4.87. The van der Waals surface area contributed by atoms with Crippen LogP contribution in [0.4, 0.5) is 4.79 Å². The number of nitrogens with one attached hydrogen (secondary N) is 2. The average molecular weight is 276 g/mol. The van der Waals surface area contributed by atoms with Gasteiger partial charge in [-0.15, -0.1) is 10.2 Å². The van der Waals surface area contributed by atoms with Crippen LogP contribution in [-0.4, -0.2) is 25.4 Å². The summed E-state index contributed by atoms with van der Waals surface area (Å²) in [6, 6.07) is 3.61. The number of nitrogens with zero attached hydrogens (tertiary/aromatic N) is 4. The van der Waals surface area contributed by atoms with E-state index in [-0.39, 0.29) is 12.1 Å². The van der Waals surface area contributed by atoms with E-state index in [0.717, 1.165) is 17.2 Å². The van der Waals surface area contributed by atoms with Crippen LogP contribution in [0, 0.1) is 6.92 Å². The zero-order valence-corrected chi connectivity index (χ0v) is 12.2. The minimum absolute atomic E-state index is 0.197. The van der Waals surface area contributed by atoms with Gasteiger partial charge in [-0.05, 0) is 26.0 Å². The van der Waals surface area contributed by atoms with Gasteiger partial charge >= 0.3 is 6.03 Å². The maximum absolute atomic E-state index is 11.9. The molecule has 0 aromatic carbocycles. The Balaban J connectivity index is 1.87. The third-order valence-corrected chi connectivity index (χ3v) is 3.39. The lowest BCUT2D eigenvalue weighted by molar-refractivity contribution is 0.236. The van der Waals surface area contributed by atoms with Crippen LogP contribution in [-0.2, 0) is 20.6 Å². The third kappa shape index (κ3) is 2.98. The monoisotopic (exact) mass is 276 g/mol. The Morgan fingerprint density at radius 1 is 1.40 bits per heavy atom. The van der Waals surface area contributed by atoms with Gasteiger partial charge in [0.05, 0.1) is 12.6 Å². The van der Waals surface area contributed by atoms with Crippen molar-refractivity contribution in [3.63, 3.8) is 0 Å². The molecule has 2 rings (SSSR count). The Labute approximate surface area is 118 Å². The third-order valence-electron chi connectivity index (χ3n) is 3.39. The van der Waals surface area contributed by atoms with Gasteiger partial charge in [0.15, 0.2) is 5.82 Å². The van der Waals surface area contributed by atoms with Crippen molar-refractivity contribution in [2.75, 3.05) is 0 Å². The van der Waals surface area contributed by atoms with Crippen LogP contribution < -0.4 is 10.6 Å². The Kier molecular flexibility index (Phi) is 4.07. The number of aryl methyl sites for hydroxylation is 2. The number of urea groups is 1. The Morgan fingerprint density at radius 2 is 2.15 bits per heavy atom. The topological polar surface area (TPSA) is 76.8 Å². The smallest absolute Gasteiger partial charge is 0.315 e. The van der Waals surface area contributed by atoms with Crippen molar-refractivity contribution in [3.8, 4) is 0 Å². The van der Waals surface area contributed by atoms with Crippen LogP contribution in [0.2, 0.25) is 0 Å². The summed E-state index contributed by atoms with van der Waals surface area (Å²) in [5, 5.41) is 13.4. The molecule has 7 nitrogen and oxygen atoms in total. The van der Waals surface area contributed by atoms with Crippen molar-refractivity contribution in [1.82, 2.24) is 30.0 Å². The molecule has 1 atom stereocenters. The molecule has 0 spiro atoms. The highest BCUT2D eigenvalue weighted by molar-refractivity contribution is 5.74. The molecule has 0 aliphatic rings. The van der Waals surface area contributed by atoms with Gasteiger partial charge in [-0.3, -0.25) is 0 Å². The first-order valence-corrected chi connectivity index (χ1v) is 6.48.